The number of amides is 1. The van der Waals surface area contributed by atoms with Crippen molar-refractivity contribution < 1.29 is 9.90 Å². The lowest BCUT2D eigenvalue weighted by Crippen LogP contribution is -2.26. The molecule has 0 unspecified atom stereocenters. The lowest BCUT2D eigenvalue weighted by molar-refractivity contribution is 0.0946. The van der Waals surface area contributed by atoms with Crippen LogP contribution in [0.25, 0.3) is 0 Å². The zero-order chi connectivity index (χ0) is 13.0. The third kappa shape index (κ3) is 2.82. The number of aromatic nitrogens is 4. The Hall–Kier alpha value is -2.44. The van der Waals surface area contributed by atoms with Gasteiger partial charge in [0, 0.05) is 26.2 Å². The first kappa shape index (κ1) is 12.0. The minimum absolute atomic E-state index is 0.0199. The fourth-order valence-electron chi connectivity index (χ4n) is 1.44. The fraction of sp³-hybridized carbons (Fsp3) is 0.273. The van der Waals surface area contributed by atoms with Crippen molar-refractivity contribution in [3.05, 3.63) is 36.2 Å². The number of pyridine rings is 1. The number of rotatable bonds is 4. The van der Waals surface area contributed by atoms with Crippen molar-refractivity contribution in [2.45, 2.75) is 6.42 Å². The molecule has 0 fully saturated rings. The maximum Gasteiger partial charge on any atom is 0.273 e. The Bertz CT molecular complexity index is 552. The molecule has 2 N–H and O–H groups in total. The van der Waals surface area contributed by atoms with E-state index in [0.29, 0.717) is 18.8 Å². The van der Waals surface area contributed by atoms with Crippen molar-refractivity contribution in [3.8, 4) is 5.75 Å². The van der Waals surface area contributed by atoms with E-state index >= 15 is 0 Å². The molecule has 1 amide bonds. The summed E-state index contributed by atoms with van der Waals surface area (Å²) in [4.78, 5) is 19.5. The second-order valence-corrected chi connectivity index (χ2v) is 3.71. The molecule has 7 nitrogen and oxygen atoms in total. The van der Waals surface area contributed by atoms with Crippen LogP contribution in [0.1, 0.15) is 16.3 Å². The predicted molar refractivity (Wildman–Crippen MR) is 62.9 cm³/mol. The molecule has 2 aromatic heterocycles. The van der Waals surface area contributed by atoms with Crippen LogP contribution in [-0.4, -0.2) is 37.3 Å². The van der Waals surface area contributed by atoms with E-state index < -0.39 is 5.91 Å². The third-order valence-electron chi connectivity index (χ3n) is 2.28. The van der Waals surface area contributed by atoms with Crippen molar-refractivity contribution in [3.63, 3.8) is 0 Å². The molecule has 0 radical (unpaired) electrons. The molecular formula is C11H13N5O2. The Morgan fingerprint density at radius 2 is 2.33 bits per heavy atom. The van der Waals surface area contributed by atoms with Crippen LogP contribution >= 0.6 is 0 Å². The minimum Gasteiger partial charge on any atom is -0.505 e. The van der Waals surface area contributed by atoms with Crippen LogP contribution in [0.5, 0.6) is 5.75 Å². The highest BCUT2D eigenvalue weighted by Crippen LogP contribution is 2.11. The van der Waals surface area contributed by atoms with Gasteiger partial charge in [0.05, 0.1) is 0 Å². The first-order valence-corrected chi connectivity index (χ1v) is 5.43. The molecule has 0 saturated carbocycles. The van der Waals surface area contributed by atoms with Gasteiger partial charge in [-0.25, -0.2) is 9.97 Å². The smallest absolute Gasteiger partial charge is 0.273 e. The molecule has 2 aromatic rings. The average Bonchev–Trinajstić information content (AvgIpc) is 2.75. The van der Waals surface area contributed by atoms with Gasteiger partial charge in [0.1, 0.15) is 12.1 Å². The number of hydrogen-bond acceptors (Lipinski definition) is 5. The number of aryl methyl sites for hydroxylation is 1. The average molecular weight is 247 g/mol. The van der Waals surface area contributed by atoms with Crippen molar-refractivity contribution in [1.82, 2.24) is 25.1 Å². The van der Waals surface area contributed by atoms with Gasteiger partial charge in [0.25, 0.3) is 5.91 Å². The summed E-state index contributed by atoms with van der Waals surface area (Å²) in [5.74, 6) is 0.109. The molecular weight excluding hydrogens is 234 g/mol. The van der Waals surface area contributed by atoms with Gasteiger partial charge < -0.3 is 10.4 Å². The van der Waals surface area contributed by atoms with Gasteiger partial charge >= 0.3 is 0 Å². The van der Waals surface area contributed by atoms with E-state index in [-0.39, 0.29) is 11.4 Å². The largest absolute Gasteiger partial charge is 0.505 e. The molecule has 0 atom stereocenters. The Balaban J connectivity index is 1.87. The van der Waals surface area contributed by atoms with E-state index in [0.717, 1.165) is 0 Å². The predicted octanol–water partition coefficient (Wildman–Crippen LogP) is -0.112. The van der Waals surface area contributed by atoms with Crippen molar-refractivity contribution in [1.29, 1.82) is 0 Å². The van der Waals surface area contributed by atoms with Crippen LogP contribution in [0.2, 0.25) is 0 Å². The summed E-state index contributed by atoms with van der Waals surface area (Å²) in [7, 11) is 1.78. The fourth-order valence-corrected chi connectivity index (χ4v) is 1.44. The Morgan fingerprint density at radius 1 is 1.50 bits per heavy atom. The SMILES string of the molecule is Cn1cnc(CCNC(=O)c2ncccc2O)n1. The highest BCUT2D eigenvalue weighted by molar-refractivity contribution is 5.94. The topological polar surface area (TPSA) is 92.9 Å². The number of nitrogens with zero attached hydrogens (tertiary/aromatic N) is 4. The van der Waals surface area contributed by atoms with Crippen LogP contribution in [0.15, 0.2) is 24.7 Å². The molecule has 0 saturated heterocycles. The van der Waals surface area contributed by atoms with Crippen LogP contribution in [-0.2, 0) is 13.5 Å². The number of hydrogen-bond donors (Lipinski definition) is 2. The lowest BCUT2D eigenvalue weighted by atomic mass is 10.3. The summed E-state index contributed by atoms with van der Waals surface area (Å²) >= 11 is 0. The van der Waals surface area contributed by atoms with Crippen LogP contribution in [0, 0.1) is 0 Å². The number of nitrogens with one attached hydrogen (secondary N) is 1. The molecule has 0 aliphatic rings. The highest BCUT2D eigenvalue weighted by Gasteiger charge is 2.11. The summed E-state index contributed by atoms with van der Waals surface area (Å²) in [6.45, 7) is 0.388. The maximum absolute atomic E-state index is 11.7. The Kier molecular flexibility index (Phi) is 3.52. The molecule has 2 rings (SSSR count). The maximum atomic E-state index is 11.7. The van der Waals surface area contributed by atoms with E-state index in [2.05, 4.69) is 20.4 Å². The molecule has 7 heteroatoms. The summed E-state index contributed by atoms with van der Waals surface area (Å²) in [6, 6.07) is 2.98. The van der Waals surface area contributed by atoms with Crippen LogP contribution in [0.3, 0.4) is 0 Å². The van der Waals surface area contributed by atoms with Gasteiger partial charge in [0.15, 0.2) is 11.5 Å². The molecule has 0 aliphatic carbocycles. The van der Waals surface area contributed by atoms with Gasteiger partial charge in [0.2, 0.25) is 0 Å². The second-order valence-electron chi connectivity index (χ2n) is 3.71. The molecule has 18 heavy (non-hydrogen) atoms. The number of aromatic hydroxyl groups is 1. The molecule has 0 aromatic carbocycles. The summed E-state index contributed by atoms with van der Waals surface area (Å²) in [5, 5.41) is 16.2. The summed E-state index contributed by atoms with van der Waals surface area (Å²) < 4.78 is 1.60. The van der Waals surface area contributed by atoms with Gasteiger partial charge in [-0.1, -0.05) is 0 Å². The molecule has 2 heterocycles. The molecule has 0 spiro atoms. The monoisotopic (exact) mass is 247 g/mol. The van der Waals surface area contributed by atoms with E-state index in [1.165, 1.54) is 12.3 Å². The number of carbonyl (C=O) groups is 1. The van der Waals surface area contributed by atoms with E-state index in [9.17, 15) is 9.90 Å². The minimum atomic E-state index is -0.413. The highest BCUT2D eigenvalue weighted by atomic mass is 16.3. The first-order chi connectivity index (χ1) is 8.66. The van der Waals surface area contributed by atoms with Gasteiger partial charge in [-0.2, -0.15) is 5.10 Å². The van der Waals surface area contributed by atoms with E-state index in [1.54, 1.807) is 24.1 Å². The Labute approximate surface area is 104 Å². The molecule has 0 bridgehead atoms. The first-order valence-electron chi connectivity index (χ1n) is 5.43. The van der Waals surface area contributed by atoms with Crippen molar-refractivity contribution in [2.75, 3.05) is 6.54 Å². The summed E-state index contributed by atoms with van der Waals surface area (Å²) in [6.07, 6.45) is 3.58. The molecule has 0 aliphatic heterocycles. The van der Waals surface area contributed by atoms with Gasteiger partial charge in [-0.05, 0) is 12.1 Å². The van der Waals surface area contributed by atoms with Gasteiger partial charge in [-0.15, -0.1) is 0 Å². The zero-order valence-electron chi connectivity index (χ0n) is 9.87. The summed E-state index contributed by atoms with van der Waals surface area (Å²) in [5.41, 5.74) is 0.0199. The quantitative estimate of drug-likeness (QED) is 0.786. The van der Waals surface area contributed by atoms with Crippen molar-refractivity contribution >= 4 is 5.91 Å². The van der Waals surface area contributed by atoms with E-state index in [4.69, 9.17) is 0 Å². The standard InChI is InChI=1S/C11H13N5O2/c1-16-7-14-9(15-16)4-6-13-11(18)10-8(17)3-2-5-12-10/h2-3,5,7,17H,4,6H2,1H3,(H,13,18). The zero-order valence-corrected chi connectivity index (χ0v) is 9.87. The Morgan fingerprint density at radius 3 is 3.00 bits per heavy atom. The van der Waals surface area contributed by atoms with Crippen LogP contribution < -0.4 is 5.32 Å². The molecule has 94 valence electrons. The normalized spacial score (nSPS) is 10.3. The van der Waals surface area contributed by atoms with E-state index in [1.807, 2.05) is 0 Å². The lowest BCUT2D eigenvalue weighted by Gasteiger charge is -2.04. The van der Waals surface area contributed by atoms with Crippen molar-refractivity contribution in [2.24, 2.45) is 7.05 Å². The third-order valence-corrected chi connectivity index (χ3v) is 2.28. The number of carbonyl (C=O) groups excluding carboxylic acids is 1. The second kappa shape index (κ2) is 5.26. The van der Waals surface area contributed by atoms with Crippen LogP contribution in [0.4, 0.5) is 0 Å². The van der Waals surface area contributed by atoms with Gasteiger partial charge in [-0.3, -0.25) is 9.48 Å².